The molecule has 0 unspecified atom stereocenters. The predicted octanol–water partition coefficient (Wildman–Crippen LogP) is 4.96. The molecule has 1 aliphatic heterocycles. The molecule has 1 aliphatic rings. The smallest absolute Gasteiger partial charge is 0.296 e. The SMILES string of the molecule is Cc1cc(N2C(=O)c3oc4ccccc4c(=O)c3[C@H]2c2ccc(C(C)C)cc2)no1. The van der Waals surface area contributed by atoms with Crippen molar-refractivity contribution in [1.29, 1.82) is 0 Å². The third kappa shape index (κ3) is 2.68. The zero-order chi connectivity index (χ0) is 21.0. The molecule has 0 fully saturated rings. The average Bonchev–Trinajstić information content (AvgIpc) is 3.29. The van der Waals surface area contributed by atoms with Crippen LogP contribution in [0.1, 0.15) is 58.8 Å². The summed E-state index contributed by atoms with van der Waals surface area (Å²) in [6.45, 7) is 6.00. The Labute approximate surface area is 172 Å². The minimum absolute atomic E-state index is 0.0530. The fraction of sp³-hybridized carbons (Fsp3) is 0.208. The molecule has 1 amide bonds. The highest BCUT2D eigenvalue weighted by molar-refractivity contribution is 6.10. The Morgan fingerprint density at radius 2 is 1.77 bits per heavy atom. The number of aryl methyl sites for hydroxylation is 1. The molecule has 6 nitrogen and oxygen atoms in total. The number of para-hydroxylation sites is 1. The van der Waals surface area contributed by atoms with E-state index in [0.717, 1.165) is 5.56 Å². The molecule has 0 saturated carbocycles. The van der Waals surface area contributed by atoms with Gasteiger partial charge in [0.2, 0.25) is 5.76 Å². The summed E-state index contributed by atoms with van der Waals surface area (Å²) < 4.78 is 11.1. The van der Waals surface area contributed by atoms with Gasteiger partial charge in [-0.1, -0.05) is 55.4 Å². The molecule has 2 aromatic heterocycles. The molecule has 0 spiro atoms. The minimum Gasteiger partial charge on any atom is -0.450 e. The van der Waals surface area contributed by atoms with Gasteiger partial charge in [-0.05, 0) is 36.1 Å². The second kappa shape index (κ2) is 6.69. The summed E-state index contributed by atoms with van der Waals surface area (Å²) in [5, 5.41) is 4.49. The summed E-state index contributed by atoms with van der Waals surface area (Å²) in [5.74, 6) is 0.952. The molecule has 3 heterocycles. The Hall–Kier alpha value is -3.67. The first-order chi connectivity index (χ1) is 14.5. The number of carbonyl (C=O) groups excluding carboxylic acids is 1. The van der Waals surface area contributed by atoms with Gasteiger partial charge >= 0.3 is 0 Å². The van der Waals surface area contributed by atoms with Crippen molar-refractivity contribution in [2.75, 3.05) is 4.90 Å². The van der Waals surface area contributed by atoms with Crippen molar-refractivity contribution < 1.29 is 13.7 Å². The van der Waals surface area contributed by atoms with Crippen molar-refractivity contribution >= 4 is 22.7 Å². The topological polar surface area (TPSA) is 76.6 Å². The van der Waals surface area contributed by atoms with Gasteiger partial charge in [-0.15, -0.1) is 0 Å². The van der Waals surface area contributed by atoms with Crippen LogP contribution in [-0.4, -0.2) is 11.1 Å². The van der Waals surface area contributed by atoms with Crippen LogP contribution in [0.5, 0.6) is 0 Å². The molecule has 2 aromatic carbocycles. The molecular formula is C24H20N2O4. The van der Waals surface area contributed by atoms with Crippen LogP contribution in [0.15, 0.2) is 68.3 Å². The average molecular weight is 400 g/mol. The van der Waals surface area contributed by atoms with Gasteiger partial charge in [-0.2, -0.15) is 0 Å². The molecule has 4 aromatic rings. The number of anilines is 1. The van der Waals surface area contributed by atoms with E-state index in [1.165, 1.54) is 10.5 Å². The number of benzene rings is 2. The lowest BCUT2D eigenvalue weighted by molar-refractivity contribution is 0.0969. The van der Waals surface area contributed by atoms with E-state index in [1.54, 1.807) is 37.3 Å². The Morgan fingerprint density at radius 1 is 1.03 bits per heavy atom. The van der Waals surface area contributed by atoms with E-state index in [4.69, 9.17) is 8.94 Å². The predicted molar refractivity (Wildman–Crippen MR) is 113 cm³/mol. The second-order valence-electron chi connectivity index (χ2n) is 7.86. The number of rotatable bonds is 3. The first-order valence-corrected chi connectivity index (χ1v) is 9.88. The number of carbonyl (C=O) groups is 1. The van der Waals surface area contributed by atoms with Crippen molar-refractivity contribution in [2.24, 2.45) is 0 Å². The van der Waals surface area contributed by atoms with Gasteiger partial charge < -0.3 is 8.94 Å². The van der Waals surface area contributed by atoms with Crippen LogP contribution in [0.2, 0.25) is 0 Å². The number of hydrogen-bond donors (Lipinski definition) is 0. The molecule has 0 saturated heterocycles. The maximum atomic E-state index is 13.4. The van der Waals surface area contributed by atoms with Crippen LogP contribution in [0.25, 0.3) is 11.0 Å². The molecule has 0 bridgehead atoms. The van der Waals surface area contributed by atoms with E-state index in [0.29, 0.717) is 34.0 Å². The van der Waals surface area contributed by atoms with Gasteiger partial charge in [-0.3, -0.25) is 14.5 Å². The number of nitrogens with zero attached hydrogens (tertiary/aromatic N) is 2. The quantitative estimate of drug-likeness (QED) is 0.486. The van der Waals surface area contributed by atoms with E-state index >= 15 is 0 Å². The maximum absolute atomic E-state index is 13.4. The molecule has 150 valence electrons. The van der Waals surface area contributed by atoms with Crippen LogP contribution in [0.4, 0.5) is 5.82 Å². The van der Waals surface area contributed by atoms with Gasteiger partial charge in [-0.25, -0.2) is 0 Å². The highest BCUT2D eigenvalue weighted by Crippen LogP contribution is 2.41. The summed E-state index contributed by atoms with van der Waals surface area (Å²) in [7, 11) is 0. The van der Waals surface area contributed by atoms with Crippen LogP contribution in [-0.2, 0) is 0 Å². The number of aromatic nitrogens is 1. The van der Waals surface area contributed by atoms with Crippen molar-refractivity contribution in [3.63, 3.8) is 0 Å². The summed E-state index contributed by atoms with van der Waals surface area (Å²) in [4.78, 5) is 28.3. The molecule has 0 radical (unpaired) electrons. The number of amides is 1. The zero-order valence-electron chi connectivity index (χ0n) is 16.9. The lowest BCUT2D eigenvalue weighted by Crippen LogP contribution is -2.29. The van der Waals surface area contributed by atoms with E-state index < -0.39 is 11.9 Å². The summed E-state index contributed by atoms with van der Waals surface area (Å²) in [5.41, 5.74) is 2.51. The van der Waals surface area contributed by atoms with Crippen molar-refractivity contribution in [1.82, 2.24) is 5.16 Å². The third-order valence-corrected chi connectivity index (χ3v) is 5.56. The summed E-state index contributed by atoms with van der Waals surface area (Å²) in [6.07, 6.45) is 0. The third-order valence-electron chi connectivity index (χ3n) is 5.56. The second-order valence-corrected chi connectivity index (χ2v) is 7.86. The van der Waals surface area contributed by atoms with Crippen molar-refractivity contribution in [3.05, 3.63) is 93.0 Å². The van der Waals surface area contributed by atoms with E-state index in [2.05, 4.69) is 19.0 Å². The van der Waals surface area contributed by atoms with Gasteiger partial charge in [0.1, 0.15) is 11.3 Å². The first-order valence-electron chi connectivity index (χ1n) is 9.88. The van der Waals surface area contributed by atoms with Crippen LogP contribution in [0, 0.1) is 6.92 Å². The van der Waals surface area contributed by atoms with E-state index in [-0.39, 0.29) is 11.2 Å². The lowest BCUT2D eigenvalue weighted by atomic mass is 9.95. The minimum atomic E-state index is -0.640. The standard InChI is InChI=1S/C24H20N2O4/c1-13(2)15-8-10-16(11-9-15)21-20-22(27)17-6-4-5-7-18(17)29-23(20)24(28)26(21)19-12-14(3)30-25-19/h4-13,21H,1-3H3/t21-/m1/s1. The first kappa shape index (κ1) is 18.4. The Balaban J connectivity index is 1.77. The molecule has 0 aliphatic carbocycles. The Bertz CT molecular complexity index is 1330. The van der Waals surface area contributed by atoms with Crippen LogP contribution < -0.4 is 10.3 Å². The Kier molecular flexibility index (Phi) is 4.10. The largest absolute Gasteiger partial charge is 0.450 e. The van der Waals surface area contributed by atoms with Gasteiger partial charge in [0.25, 0.3) is 5.91 Å². The summed E-state index contributed by atoms with van der Waals surface area (Å²) in [6, 6.07) is 16.0. The normalized spacial score (nSPS) is 15.9. The van der Waals surface area contributed by atoms with Gasteiger partial charge in [0.05, 0.1) is 17.0 Å². The number of fused-ring (bicyclic) bond motifs is 2. The molecule has 5 rings (SSSR count). The van der Waals surface area contributed by atoms with E-state index in [9.17, 15) is 9.59 Å². The van der Waals surface area contributed by atoms with E-state index in [1.807, 2.05) is 24.3 Å². The Morgan fingerprint density at radius 3 is 2.43 bits per heavy atom. The van der Waals surface area contributed by atoms with Gasteiger partial charge in [0, 0.05) is 6.07 Å². The fourth-order valence-corrected chi connectivity index (χ4v) is 4.00. The number of hydrogen-bond acceptors (Lipinski definition) is 5. The maximum Gasteiger partial charge on any atom is 0.296 e. The van der Waals surface area contributed by atoms with Gasteiger partial charge in [0.15, 0.2) is 11.2 Å². The fourth-order valence-electron chi connectivity index (χ4n) is 4.00. The van der Waals surface area contributed by atoms with Crippen molar-refractivity contribution in [3.8, 4) is 0 Å². The van der Waals surface area contributed by atoms with Crippen molar-refractivity contribution in [2.45, 2.75) is 32.7 Å². The molecule has 30 heavy (non-hydrogen) atoms. The molecule has 0 N–H and O–H groups in total. The lowest BCUT2D eigenvalue weighted by Gasteiger charge is -2.22. The van der Waals surface area contributed by atoms with Crippen LogP contribution in [0.3, 0.4) is 0 Å². The molecule has 1 atom stereocenters. The molecular weight excluding hydrogens is 380 g/mol. The molecule has 6 heteroatoms. The summed E-state index contributed by atoms with van der Waals surface area (Å²) >= 11 is 0. The highest BCUT2D eigenvalue weighted by atomic mass is 16.5. The monoisotopic (exact) mass is 400 g/mol. The zero-order valence-corrected chi connectivity index (χ0v) is 16.9. The van der Waals surface area contributed by atoms with Crippen LogP contribution >= 0.6 is 0 Å². The highest BCUT2D eigenvalue weighted by Gasteiger charge is 2.44.